The minimum Gasteiger partial charge on any atom is -0.420 e. The van der Waals surface area contributed by atoms with E-state index in [2.05, 4.69) is 27.7 Å². The Bertz CT molecular complexity index is 373. The SMILES string of the molecule is CCCCCCC[SiH]1O[SiH](CCCCCCC)O[SiH](CCCCCCC)O[SiH](CCCCCCC)O1. The molecule has 0 aromatic carbocycles. The molecule has 1 rings (SSSR count). The fraction of sp³-hybridized carbons (Fsp3) is 1.00. The van der Waals surface area contributed by atoms with Crippen LogP contribution in [0.4, 0.5) is 0 Å². The van der Waals surface area contributed by atoms with Crippen LogP contribution in [-0.4, -0.2) is 37.1 Å². The topological polar surface area (TPSA) is 36.9 Å². The second kappa shape index (κ2) is 26.0. The van der Waals surface area contributed by atoms with Gasteiger partial charge in [0.15, 0.2) is 0 Å². The minimum absolute atomic E-state index is 1.17. The van der Waals surface area contributed by atoms with Gasteiger partial charge in [-0.05, 0) is 24.2 Å². The first-order valence-corrected chi connectivity index (χ1v) is 23.4. The molecule has 0 aliphatic carbocycles. The fourth-order valence-electron chi connectivity index (χ4n) is 5.01. The summed E-state index contributed by atoms with van der Waals surface area (Å²) >= 11 is 0. The lowest BCUT2D eigenvalue weighted by atomic mass is 10.2. The molecule has 0 spiro atoms. The highest BCUT2D eigenvalue weighted by molar-refractivity contribution is 6.73. The van der Waals surface area contributed by atoms with Gasteiger partial charge in [-0.3, -0.25) is 0 Å². The van der Waals surface area contributed by atoms with Gasteiger partial charge in [-0.2, -0.15) is 0 Å². The first-order valence-electron chi connectivity index (χ1n) is 16.3. The number of hydrogen-bond acceptors (Lipinski definition) is 4. The molecule has 0 saturated carbocycles. The Labute approximate surface area is 233 Å². The fourth-order valence-corrected chi connectivity index (χ4v) is 20.6. The van der Waals surface area contributed by atoms with Gasteiger partial charge in [0, 0.05) is 0 Å². The lowest BCUT2D eigenvalue weighted by Gasteiger charge is -2.34. The summed E-state index contributed by atoms with van der Waals surface area (Å²) in [5.41, 5.74) is 0. The van der Waals surface area contributed by atoms with Gasteiger partial charge >= 0.3 is 37.1 Å². The van der Waals surface area contributed by atoms with Crippen molar-refractivity contribution in [2.45, 2.75) is 180 Å². The Morgan fingerprint density at radius 3 is 0.667 bits per heavy atom. The molecule has 0 N–H and O–H groups in total. The summed E-state index contributed by atoms with van der Waals surface area (Å²) < 4.78 is 27.5. The van der Waals surface area contributed by atoms with E-state index in [1.807, 2.05) is 0 Å². The Hall–Kier alpha value is 0.708. The molecule has 0 radical (unpaired) electrons. The molecule has 0 aromatic rings. The molecule has 1 fully saturated rings. The van der Waals surface area contributed by atoms with E-state index in [9.17, 15) is 0 Å². The zero-order valence-electron chi connectivity index (χ0n) is 24.9. The maximum absolute atomic E-state index is 6.88. The summed E-state index contributed by atoms with van der Waals surface area (Å²) in [6.07, 6.45) is 26.5. The molecule has 1 aliphatic rings. The normalized spacial score (nSPS) is 23.0. The van der Waals surface area contributed by atoms with Gasteiger partial charge in [0.25, 0.3) is 0 Å². The monoisotopic (exact) mass is 576 g/mol. The molecule has 4 nitrogen and oxygen atoms in total. The van der Waals surface area contributed by atoms with Crippen LogP contribution < -0.4 is 0 Å². The largest absolute Gasteiger partial charge is 0.420 e. The van der Waals surface area contributed by atoms with Gasteiger partial charge in [0.1, 0.15) is 0 Å². The van der Waals surface area contributed by atoms with Crippen molar-refractivity contribution in [2.75, 3.05) is 0 Å². The van der Waals surface area contributed by atoms with Crippen molar-refractivity contribution in [1.29, 1.82) is 0 Å². The van der Waals surface area contributed by atoms with Crippen LogP contribution in [0.1, 0.15) is 156 Å². The summed E-state index contributed by atoms with van der Waals surface area (Å²) in [5.74, 6) is 0. The quantitative estimate of drug-likeness (QED) is 0.0849. The molecule has 1 heterocycles. The highest BCUT2D eigenvalue weighted by Gasteiger charge is 2.34. The Morgan fingerprint density at radius 2 is 0.472 bits per heavy atom. The van der Waals surface area contributed by atoms with Crippen LogP contribution >= 0.6 is 0 Å². The molecule has 0 amide bonds. The summed E-state index contributed by atoms with van der Waals surface area (Å²) in [5, 5.41) is 0. The highest BCUT2D eigenvalue weighted by atomic mass is 28.5. The van der Waals surface area contributed by atoms with Gasteiger partial charge in [-0.25, -0.2) is 0 Å². The van der Waals surface area contributed by atoms with Gasteiger partial charge < -0.3 is 16.5 Å². The van der Waals surface area contributed by atoms with Crippen molar-refractivity contribution in [3.05, 3.63) is 0 Å². The van der Waals surface area contributed by atoms with E-state index in [0.717, 1.165) is 0 Å². The second-order valence-electron chi connectivity index (χ2n) is 11.1. The number of unbranched alkanes of at least 4 members (excludes halogenated alkanes) is 16. The van der Waals surface area contributed by atoms with E-state index >= 15 is 0 Å². The van der Waals surface area contributed by atoms with E-state index < -0.39 is 37.1 Å². The van der Waals surface area contributed by atoms with Gasteiger partial charge in [-0.1, -0.05) is 156 Å². The number of hydrogen-bond donors (Lipinski definition) is 0. The van der Waals surface area contributed by atoms with Crippen LogP contribution in [0.15, 0.2) is 0 Å². The van der Waals surface area contributed by atoms with Crippen LogP contribution in [0.5, 0.6) is 0 Å². The summed E-state index contributed by atoms with van der Waals surface area (Å²) in [4.78, 5) is 0. The zero-order chi connectivity index (χ0) is 26.1. The van der Waals surface area contributed by atoms with E-state index in [0.29, 0.717) is 0 Å². The Balaban J connectivity index is 2.71. The van der Waals surface area contributed by atoms with E-state index in [1.165, 1.54) is 153 Å². The molecular weight excluding hydrogens is 513 g/mol. The van der Waals surface area contributed by atoms with Crippen molar-refractivity contribution in [3.63, 3.8) is 0 Å². The summed E-state index contributed by atoms with van der Waals surface area (Å²) in [6, 6.07) is 4.66. The third-order valence-corrected chi connectivity index (χ3v) is 20.6. The maximum atomic E-state index is 6.88. The minimum atomic E-state index is -1.67. The Kier molecular flexibility index (Phi) is 25.0. The summed E-state index contributed by atoms with van der Waals surface area (Å²) in [6.45, 7) is 9.17. The van der Waals surface area contributed by atoms with Crippen LogP contribution in [0.25, 0.3) is 0 Å². The molecule has 0 aromatic heterocycles. The van der Waals surface area contributed by atoms with Crippen LogP contribution in [0.2, 0.25) is 24.2 Å². The van der Waals surface area contributed by atoms with Crippen molar-refractivity contribution in [2.24, 2.45) is 0 Å². The van der Waals surface area contributed by atoms with E-state index in [-0.39, 0.29) is 0 Å². The van der Waals surface area contributed by atoms with Crippen LogP contribution in [-0.2, 0) is 16.5 Å². The lowest BCUT2D eigenvalue weighted by Crippen LogP contribution is -2.48. The van der Waals surface area contributed by atoms with Crippen LogP contribution in [0.3, 0.4) is 0 Å². The highest BCUT2D eigenvalue weighted by Crippen LogP contribution is 2.23. The third kappa shape index (κ3) is 19.7. The van der Waals surface area contributed by atoms with E-state index in [1.54, 1.807) is 0 Å². The lowest BCUT2D eigenvalue weighted by molar-refractivity contribution is 0.275. The average molecular weight is 577 g/mol. The van der Waals surface area contributed by atoms with E-state index in [4.69, 9.17) is 16.5 Å². The average Bonchev–Trinajstić information content (AvgIpc) is 2.86. The molecule has 216 valence electrons. The first-order chi connectivity index (χ1) is 17.7. The Morgan fingerprint density at radius 1 is 0.278 bits per heavy atom. The van der Waals surface area contributed by atoms with Gasteiger partial charge in [0.2, 0.25) is 0 Å². The molecule has 0 atom stereocenters. The molecular formula is C28H64O4Si4. The van der Waals surface area contributed by atoms with Gasteiger partial charge in [0.05, 0.1) is 0 Å². The van der Waals surface area contributed by atoms with Crippen molar-refractivity contribution < 1.29 is 16.5 Å². The van der Waals surface area contributed by atoms with Crippen molar-refractivity contribution >= 4 is 37.1 Å². The molecule has 8 heteroatoms. The molecule has 0 unspecified atom stereocenters. The second-order valence-corrected chi connectivity index (χ2v) is 21.2. The molecule has 1 saturated heterocycles. The predicted molar refractivity (Wildman–Crippen MR) is 167 cm³/mol. The van der Waals surface area contributed by atoms with Crippen molar-refractivity contribution in [1.82, 2.24) is 0 Å². The molecule has 0 bridgehead atoms. The molecule has 1 aliphatic heterocycles. The smallest absolute Gasteiger partial charge is 0.303 e. The third-order valence-electron chi connectivity index (χ3n) is 7.39. The maximum Gasteiger partial charge on any atom is 0.303 e. The van der Waals surface area contributed by atoms with Crippen molar-refractivity contribution in [3.8, 4) is 0 Å². The van der Waals surface area contributed by atoms with Crippen LogP contribution in [0, 0.1) is 0 Å². The first kappa shape index (κ1) is 34.7. The predicted octanol–water partition coefficient (Wildman–Crippen LogP) is 8.83. The number of rotatable bonds is 24. The summed E-state index contributed by atoms with van der Waals surface area (Å²) in [7, 11) is -6.69. The molecule has 36 heavy (non-hydrogen) atoms. The zero-order valence-corrected chi connectivity index (χ0v) is 29.5. The van der Waals surface area contributed by atoms with Gasteiger partial charge in [-0.15, -0.1) is 0 Å². The standard InChI is InChI=1S/C28H64O4Si4/c1-5-9-13-17-21-25-33-29-34(26-22-18-14-10-6-2)31-36(28-24-20-16-12-8-4)32-35(30-33)27-23-19-15-11-7-3/h33-36H,5-28H2,1-4H3.